The van der Waals surface area contributed by atoms with E-state index in [-0.39, 0.29) is 11.1 Å². The molecule has 1 rings (SSSR count). The molecule has 2 N–H and O–H groups in total. The van der Waals surface area contributed by atoms with Crippen molar-refractivity contribution in [3.05, 3.63) is 33.9 Å². The molecule has 4 nitrogen and oxygen atoms in total. The van der Waals surface area contributed by atoms with Gasteiger partial charge in [0.05, 0.1) is 11.1 Å². The maximum absolute atomic E-state index is 11.1. The summed E-state index contributed by atoms with van der Waals surface area (Å²) in [6, 6.07) is 1.42. The summed E-state index contributed by atoms with van der Waals surface area (Å²) in [7, 11) is 0. The van der Waals surface area contributed by atoms with E-state index in [1.54, 1.807) is 6.92 Å². The Balaban J connectivity index is 3.69. The highest BCUT2D eigenvalue weighted by Crippen LogP contribution is 2.23. The SMILES string of the molecule is CCc1c(C)c(C)cc(C(=O)O)c1C(=O)O. The van der Waals surface area contributed by atoms with Crippen molar-refractivity contribution < 1.29 is 19.8 Å². The molecule has 0 aromatic heterocycles. The van der Waals surface area contributed by atoms with Gasteiger partial charge in [-0.3, -0.25) is 0 Å². The van der Waals surface area contributed by atoms with E-state index in [4.69, 9.17) is 10.2 Å². The first kappa shape index (κ1) is 12.2. The van der Waals surface area contributed by atoms with Crippen molar-refractivity contribution in [1.29, 1.82) is 0 Å². The number of rotatable bonds is 3. The van der Waals surface area contributed by atoms with Crippen LogP contribution in [0.1, 0.15) is 44.3 Å². The van der Waals surface area contributed by atoms with Gasteiger partial charge in [0, 0.05) is 0 Å². The van der Waals surface area contributed by atoms with Crippen molar-refractivity contribution in [3.8, 4) is 0 Å². The summed E-state index contributed by atoms with van der Waals surface area (Å²) in [6.07, 6.45) is 0.509. The van der Waals surface area contributed by atoms with Crippen LogP contribution in [-0.4, -0.2) is 22.2 Å². The highest BCUT2D eigenvalue weighted by atomic mass is 16.4. The maximum Gasteiger partial charge on any atom is 0.336 e. The highest BCUT2D eigenvalue weighted by molar-refractivity contribution is 6.03. The minimum Gasteiger partial charge on any atom is -0.478 e. The third kappa shape index (κ3) is 1.91. The van der Waals surface area contributed by atoms with Gasteiger partial charge in [-0.25, -0.2) is 9.59 Å². The number of hydrogen-bond acceptors (Lipinski definition) is 2. The van der Waals surface area contributed by atoms with Crippen molar-refractivity contribution in [2.45, 2.75) is 27.2 Å². The van der Waals surface area contributed by atoms with Crippen LogP contribution in [0.5, 0.6) is 0 Å². The third-order valence-electron chi connectivity index (χ3n) is 2.77. The molecule has 0 heterocycles. The Morgan fingerprint density at radius 3 is 2.12 bits per heavy atom. The molecule has 0 amide bonds. The van der Waals surface area contributed by atoms with Crippen molar-refractivity contribution >= 4 is 11.9 Å². The Bertz CT molecular complexity index is 461. The predicted molar refractivity (Wildman–Crippen MR) is 59.2 cm³/mol. The Morgan fingerprint density at radius 2 is 1.75 bits per heavy atom. The first-order valence-electron chi connectivity index (χ1n) is 4.99. The monoisotopic (exact) mass is 222 g/mol. The molecular formula is C12H14O4. The minimum atomic E-state index is -1.20. The Morgan fingerprint density at radius 1 is 1.19 bits per heavy atom. The van der Waals surface area contributed by atoms with E-state index in [0.717, 1.165) is 11.1 Å². The molecule has 0 aliphatic heterocycles. The number of carboxylic acid groups (broad SMARTS) is 2. The van der Waals surface area contributed by atoms with E-state index in [9.17, 15) is 9.59 Å². The Kier molecular flexibility index (Phi) is 3.32. The topological polar surface area (TPSA) is 74.6 Å². The summed E-state index contributed by atoms with van der Waals surface area (Å²) in [4.78, 5) is 22.1. The van der Waals surface area contributed by atoms with Crippen LogP contribution in [-0.2, 0) is 6.42 Å². The fraction of sp³-hybridized carbons (Fsp3) is 0.333. The molecule has 0 atom stereocenters. The van der Waals surface area contributed by atoms with Gasteiger partial charge in [0.15, 0.2) is 0 Å². The zero-order valence-electron chi connectivity index (χ0n) is 9.50. The molecule has 0 spiro atoms. The molecule has 0 aliphatic carbocycles. The molecule has 86 valence electrons. The lowest BCUT2D eigenvalue weighted by Crippen LogP contribution is -2.13. The average molecular weight is 222 g/mol. The summed E-state index contributed by atoms with van der Waals surface area (Å²) in [6.45, 7) is 5.42. The molecular weight excluding hydrogens is 208 g/mol. The summed E-state index contributed by atoms with van der Waals surface area (Å²) < 4.78 is 0. The average Bonchev–Trinajstić information content (AvgIpc) is 2.20. The zero-order valence-corrected chi connectivity index (χ0v) is 9.50. The van der Waals surface area contributed by atoms with Gasteiger partial charge in [0.25, 0.3) is 0 Å². The van der Waals surface area contributed by atoms with Crippen LogP contribution in [0, 0.1) is 13.8 Å². The lowest BCUT2D eigenvalue weighted by Gasteiger charge is -2.13. The van der Waals surface area contributed by atoms with E-state index < -0.39 is 11.9 Å². The van der Waals surface area contributed by atoms with Crippen molar-refractivity contribution in [2.24, 2.45) is 0 Å². The standard InChI is InChI=1S/C12H14O4/c1-4-8-7(3)6(2)5-9(11(13)14)10(8)12(15)16/h5H,4H2,1-3H3,(H,13,14)(H,15,16). The second-order valence-electron chi connectivity index (χ2n) is 3.68. The van der Waals surface area contributed by atoms with Gasteiger partial charge in [0.2, 0.25) is 0 Å². The second-order valence-corrected chi connectivity index (χ2v) is 3.68. The highest BCUT2D eigenvalue weighted by Gasteiger charge is 2.22. The summed E-state index contributed by atoms with van der Waals surface area (Å²) in [5.74, 6) is -2.38. The van der Waals surface area contributed by atoms with Crippen molar-refractivity contribution in [2.75, 3.05) is 0 Å². The maximum atomic E-state index is 11.1. The molecule has 0 unspecified atom stereocenters. The predicted octanol–water partition coefficient (Wildman–Crippen LogP) is 2.26. The molecule has 0 bridgehead atoms. The van der Waals surface area contributed by atoms with E-state index in [2.05, 4.69) is 0 Å². The van der Waals surface area contributed by atoms with Crippen LogP contribution >= 0.6 is 0 Å². The molecule has 1 aromatic rings. The minimum absolute atomic E-state index is 0.0851. The van der Waals surface area contributed by atoms with Crippen LogP contribution in [0.3, 0.4) is 0 Å². The van der Waals surface area contributed by atoms with E-state index in [1.165, 1.54) is 6.07 Å². The van der Waals surface area contributed by atoms with E-state index in [0.29, 0.717) is 12.0 Å². The van der Waals surface area contributed by atoms with E-state index >= 15 is 0 Å². The number of aromatic carboxylic acids is 2. The van der Waals surface area contributed by atoms with Gasteiger partial charge in [-0.1, -0.05) is 6.92 Å². The smallest absolute Gasteiger partial charge is 0.336 e. The van der Waals surface area contributed by atoms with Gasteiger partial charge >= 0.3 is 11.9 Å². The van der Waals surface area contributed by atoms with Crippen molar-refractivity contribution in [3.63, 3.8) is 0 Å². The molecule has 0 saturated carbocycles. The van der Waals surface area contributed by atoms with Crippen LogP contribution in [0.15, 0.2) is 6.07 Å². The van der Waals surface area contributed by atoms with Crippen LogP contribution in [0.4, 0.5) is 0 Å². The number of hydrogen-bond donors (Lipinski definition) is 2. The number of carboxylic acids is 2. The first-order chi connectivity index (χ1) is 7.40. The fourth-order valence-corrected chi connectivity index (χ4v) is 1.84. The molecule has 16 heavy (non-hydrogen) atoms. The Labute approximate surface area is 93.5 Å². The quantitative estimate of drug-likeness (QED) is 0.822. The molecule has 0 radical (unpaired) electrons. The van der Waals surface area contributed by atoms with Crippen LogP contribution in [0.2, 0.25) is 0 Å². The molecule has 0 fully saturated rings. The summed E-state index contributed by atoms with van der Waals surface area (Å²) >= 11 is 0. The second kappa shape index (κ2) is 4.35. The first-order valence-corrected chi connectivity index (χ1v) is 4.99. The van der Waals surface area contributed by atoms with Gasteiger partial charge in [0.1, 0.15) is 0 Å². The Hall–Kier alpha value is -1.84. The summed E-state index contributed by atoms with van der Waals surface area (Å²) in [5.41, 5.74) is 2.04. The normalized spacial score (nSPS) is 10.2. The van der Waals surface area contributed by atoms with Crippen molar-refractivity contribution in [1.82, 2.24) is 0 Å². The number of carbonyl (C=O) groups is 2. The molecule has 1 aromatic carbocycles. The van der Waals surface area contributed by atoms with E-state index in [1.807, 2.05) is 13.8 Å². The fourth-order valence-electron chi connectivity index (χ4n) is 1.84. The molecule has 4 heteroatoms. The lowest BCUT2D eigenvalue weighted by atomic mass is 9.91. The third-order valence-corrected chi connectivity index (χ3v) is 2.77. The molecule has 0 saturated heterocycles. The largest absolute Gasteiger partial charge is 0.478 e. The van der Waals surface area contributed by atoms with Gasteiger partial charge < -0.3 is 10.2 Å². The summed E-state index contributed by atoms with van der Waals surface area (Å²) in [5, 5.41) is 18.1. The number of benzene rings is 1. The van der Waals surface area contributed by atoms with Crippen LogP contribution < -0.4 is 0 Å². The molecule has 0 aliphatic rings. The van der Waals surface area contributed by atoms with Crippen LogP contribution in [0.25, 0.3) is 0 Å². The van der Waals surface area contributed by atoms with Gasteiger partial charge in [-0.05, 0) is 43.0 Å². The zero-order chi connectivity index (χ0) is 12.5. The lowest BCUT2D eigenvalue weighted by molar-refractivity contribution is 0.0650. The van der Waals surface area contributed by atoms with Gasteiger partial charge in [-0.2, -0.15) is 0 Å². The number of aryl methyl sites for hydroxylation is 1. The van der Waals surface area contributed by atoms with Gasteiger partial charge in [-0.15, -0.1) is 0 Å².